The zero-order valence-corrected chi connectivity index (χ0v) is 15.6. The molecule has 2 N–H and O–H groups in total. The van der Waals surface area contributed by atoms with Gasteiger partial charge in [0, 0.05) is 5.92 Å². The highest BCUT2D eigenvalue weighted by Gasteiger charge is 2.46. The van der Waals surface area contributed by atoms with Gasteiger partial charge in [-0.1, -0.05) is 48.5 Å². The minimum atomic E-state index is -0.454. The van der Waals surface area contributed by atoms with E-state index >= 15 is 0 Å². The van der Waals surface area contributed by atoms with Crippen LogP contribution in [0, 0.1) is 22.7 Å². The maximum Gasteiger partial charge on any atom is 0.320 e. The Labute approximate surface area is 140 Å². The van der Waals surface area contributed by atoms with Gasteiger partial charge in [-0.2, -0.15) is 0 Å². The maximum atomic E-state index is 12.7. The summed E-state index contributed by atoms with van der Waals surface area (Å²) in [6.07, 6.45) is 0.758. The molecule has 4 atom stereocenters. The van der Waals surface area contributed by atoms with Gasteiger partial charge >= 0.3 is 11.9 Å². The molecule has 134 valence electrons. The molecule has 1 fully saturated rings. The molecule has 0 bridgehead atoms. The van der Waals surface area contributed by atoms with Crippen molar-refractivity contribution in [2.24, 2.45) is 28.4 Å². The molecule has 0 saturated heterocycles. The van der Waals surface area contributed by atoms with Gasteiger partial charge in [0.1, 0.15) is 12.2 Å². The van der Waals surface area contributed by atoms with Crippen molar-refractivity contribution >= 4 is 11.9 Å². The number of esters is 2. The molecule has 0 amide bonds. The average Bonchev–Trinajstić information content (AvgIpc) is 2.39. The highest BCUT2D eigenvalue weighted by molar-refractivity contribution is 5.74. The first kappa shape index (κ1) is 19.9. The Kier molecular flexibility index (Phi) is 6.25. The highest BCUT2D eigenvalue weighted by Crippen LogP contribution is 2.39. The largest absolute Gasteiger partial charge is 0.458 e. The van der Waals surface area contributed by atoms with E-state index in [0.717, 1.165) is 12.8 Å². The van der Waals surface area contributed by atoms with Crippen molar-refractivity contribution in [2.45, 2.75) is 73.5 Å². The molecule has 0 aliphatic heterocycles. The fraction of sp³-hybridized carbons (Fsp3) is 0.889. The summed E-state index contributed by atoms with van der Waals surface area (Å²) in [6, 6.07) is 0. The van der Waals surface area contributed by atoms with Gasteiger partial charge in [-0.3, -0.25) is 9.59 Å². The van der Waals surface area contributed by atoms with Crippen LogP contribution in [0.5, 0.6) is 0 Å². The van der Waals surface area contributed by atoms with E-state index in [0.29, 0.717) is 0 Å². The second kappa shape index (κ2) is 7.20. The molecule has 5 nitrogen and oxygen atoms in total. The predicted octanol–water partition coefficient (Wildman–Crippen LogP) is 2.91. The van der Waals surface area contributed by atoms with Crippen LogP contribution >= 0.6 is 0 Å². The number of hydrogen-bond donors (Lipinski definition) is 1. The van der Waals surface area contributed by atoms with E-state index in [2.05, 4.69) is 41.5 Å². The van der Waals surface area contributed by atoms with Crippen LogP contribution in [0.25, 0.3) is 0 Å². The summed E-state index contributed by atoms with van der Waals surface area (Å²) >= 11 is 0. The molecule has 4 unspecified atom stereocenters. The van der Waals surface area contributed by atoms with Gasteiger partial charge in [0.25, 0.3) is 0 Å². The second-order valence-electron chi connectivity index (χ2n) is 9.03. The van der Waals surface area contributed by atoms with Crippen molar-refractivity contribution in [2.75, 3.05) is 6.54 Å². The maximum absolute atomic E-state index is 12.7. The van der Waals surface area contributed by atoms with E-state index in [4.69, 9.17) is 15.2 Å². The zero-order valence-electron chi connectivity index (χ0n) is 15.6. The lowest BCUT2D eigenvalue weighted by Gasteiger charge is -2.42. The third-order valence-electron chi connectivity index (χ3n) is 4.38. The van der Waals surface area contributed by atoms with Crippen molar-refractivity contribution in [3.63, 3.8) is 0 Å². The van der Waals surface area contributed by atoms with Crippen LogP contribution in [-0.4, -0.2) is 30.7 Å². The second-order valence-corrected chi connectivity index (χ2v) is 9.03. The van der Waals surface area contributed by atoms with Crippen molar-refractivity contribution in [3.05, 3.63) is 0 Å². The summed E-state index contributed by atoms with van der Waals surface area (Å²) in [5, 5.41) is 0. The van der Waals surface area contributed by atoms with E-state index in [1.807, 2.05) is 6.92 Å². The monoisotopic (exact) mass is 327 g/mol. The summed E-state index contributed by atoms with van der Waals surface area (Å²) in [5.74, 6) is -0.647. The quantitative estimate of drug-likeness (QED) is 0.786. The smallest absolute Gasteiger partial charge is 0.320 e. The molecule has 23 heavy (non-hydrogen) atoms. The molecule has 1 aliphatic carbocycles. The lowest BCUT2D eigenvalue weighted by atomic mass is 9.72. The Morgan fingerprint density at radius 2 is 1.70 bits per heavy atom. The molecule has 5 heteroatoms. The number of ether oxygens (including phenoxy) is 2. The van der Waals surface area contributed by atoms with E-state index in [-0.39, 0.29) is 47.4 Å². The van der Waals surface area contributed by atoms with Crippen LogP contribution in [-0.2, 0) is 19.1 Å². The number of carbonyl (C=O) groups is 2. The van der Waals surface area contributed by atoms with Gasteiger partial charge < -0.3 is 15.2 Å². The Balaban J connectivity index is 2.73. The van der Waals surface area contributed by atoms with Gasteiger partial charge in [0.2, 0.25) is 0 Å². The van der Waals surface area contributed by atoms with Gasteiger partial charge in [-0.25, -0.2) is 0 Å². The van der Waals surface area contributed by atoms with Gasteiger partial charge in [0.05, 0.1) is 12.5 Å². The number of carbonyl (C=O) groups excluding carboxylic acids is 2. The molecule has 0 spiro atoms. The Morgan fingerprint density at radius 1 is 1.13 bits per heavy atom. The van der Waals surface area contributed by atoms with Gasteiger partial charge in [-0.05, 0) is 23.7 Å². The highest BCUT2D eigenvalue weighted by atomic mass is 16.6. The molecular weight excluding hydrogens is 294 g/mol. The molecular formula is C18H33NO4. The molecule has 1 saturated carbocycles. The fourth-order valence-corrected chi connectivity index (χ4v) is 2.90. The van der Waals surface area contributed by atoms with Gasteiger partial charge in [0.15, 0.2) is 0 Å². The zero-order chi connectivity index (χ0) is 18.0. The summed E-state index contributed by atoms with van der Waals surface area (Å²) < 4.78 is 11.0. The molecule has 1 aliphatic rings. The van der Waals surface area contributed by atoms with Crippen LogP contribution in [0.15, 0.2) is 0 Å². The molecule has 0 aromatic rings. The number of rotatable bonds is 5. The molecule has 0 heterocycles. The number of hydrogen-bond acceptors (Lipinski definition) is 5. The summed E-state index contributed by atoms with van der Waals surface area (Å²) in [6.45, 7) is 14.4. The Bertz CT molecular complexity index is 433. The van der Waals surface area contributed by atoms with E-state index < -0.39 is 5.97 Å². The minimum Gasteiger partial charge on any atom is -0.458 e. The molecule has 0 aromatic heterocycles. The summed E-state index contributed by atoms with van der Waals surface area (Å²) in [4.78, 5) is 24.1. The third kappa shape index (κ3) is 5.79. The van der Waals surface area contributed by atoms with Crippen LogP contribution in [0.4, 0.5) is 0 Å². The van der Waals surface area contributed by atoms with E-state index in [1.54, 1.807) is 0 Å². The predicted molar refractivity (Wildman–Crippen MR) is 89.6 cm³/mol. The summed E-state index contributed by atoms with van der Waals surface area (Å²) in [5.41, 5.74) is 5.14. The molecule has 1 rings (SSSR count). The van der Waals surface area contributed by atoms with E-state index in [1.165, 1.54) is 0 Å². The standard InChI is InChI=1S/C18H33NO4/c1-11-8-13(15(11)23-14(20)10-19)22-16(21)12(18(5,6)7)9-17(2,3)4/h11-13,15H,8-10,19H2,1-7H3. The number of nitrogens with two attached hydrogens (primary N) is 1. The average molecular weight is 327 g/mol. The lowest BCUT2D eigenvalue weighted by Crippen LogP contribution is -2.52. The first-order chi connectivity index (χ1) is 10.3. The van der Waals surface area contributed by atoms with Crippen LogP contribution in [0.2, 0.25) is 0 Å². The van der Waals surface area contributed by atoms with Crippen molar-refractivity contribution in [3.8, 4) is 0 Å². The van der Waals surface area contributed by atoms with Crippen LogP contribution in [0.3, 0.4) is 0 Å². The normalized spacial score (nSPS) is 26.2. The van der Waals surface area contributed by atoms with Crippen molar-refractivity contribution < 1.29 is 19.1 Å². The Morgan fingerprint density at radius 3 is 2.09 bits per heavy atom. The summed E-state index contributed by atoms with van der Waals surface area (Å²) in [7, 11) is 0. The fourth-order valence-electron chi connectivity index (χ4n) is 2.90. The minimum absolute atomic E-state index is 0.0370. The Hall–Kier alpha value is -1.10. The molecule has 0 radical (unpaired) electrons. The first-order valence-corrected chi connectivity index (χ1v) is 8.45. The van der Waals surface area contributed by atoms with Crippen molar-refractivity contribution in [1.82, 2.24) is 0 Å². The van der Waals surface area contributed by atoms with Crippen molar-refractivity contribution in [1.29, 1.82) is 0 Å². The van der Waals surface area contributed by atoms with E-state index in [9.17, 15) is 9.59 Å². The first-order valence-electron chi connectivity index (χ1n) is 8.45. The van der Waals surface area contributed by atoms with Gasteiger partial charge in [-0.15, -0.1) is 0 Å². The molecule has 0 aromatic carbocycles. The topological polar surface area (TPSA) is 78.6 Å². The SMILES string of the molecule is CC1CC(OC(=O)C(CC(C)(C)C)C(C)(C)C)C1OC(=O)CN. The van der Waals surface area contributed by atoms with Crippen LogP contribution < -0.4 is 5.73 Å². The third-order valence-corrected chi connectivity index (χ3v) is 4.38. The lowest BCUT2D eigenvalue weighted by molar-refractivity contribution is -0.195. The van der Waals surface area contributed by atoms with Crippen LogP contribution in [0.1, 0.15) is 61.3 Å².